The second kappa shape index (κ2) is 9.72. The van der Waals surface area contributed by atoms with Crippen molar-refractivity contribution in [2.75, 3.05) is 0 Å². The van der Waals surface area contributed by atoms with E-state index < -0.39 is 0 Å². The van der Waals surface area contributed by atoms with Gasteiger partial charge >= 0.3 is 31.1 Å². The molecule has 1 rings (SSSR count). The summed E-state index contributed by atoms with van der Waals surface area (Å²) >= 11 is 0. The standard InChI is InChI=1S/C5H8N.C3H7.U/c6-4-5-2-1-3-5;1-3-2;/h5-6H,1-3H2;1,3H2,2H3;/q2*-1;+2. The quantitative estimate of drug-likeness (QED) is 0.547. The zero-order chi connectivity index (χ0) is 7.11. The van der Waals surface area contributed by atoms with E-state index in [-0.39, 0.29) is 31.1 Å². The molecule has 1 fully saturated rings. The fourth-order valence-electron chi connectivity index (χ4n) is 0.553. The van der Waals surface area contributed by atoms with E-state index in [1.54, 1.807) is 0 Å². The third-order valence-corrected chi connectivity index (χ3v) is 1.31. The molecule has 0 unspecified atom stereocenters. The molecule has 1 nitrogen and oxygen atoms in total. The molecule has 0 aromatic carbocycles. The first-order chi connectivity index (χ1) is 4.35. The minimum Gasteiger partial charge on any atom is -0.518 e. The first-order valence-corrected chi connectivity index (χ1v) is 3.56. The second-order valence-electron chi connectivity index (χ2n) is 2.27. The van der Waals surface area contributed by atoms with E-state index in [2.05, 4.69) is 13.1 Å². The van der Waals surface area contributed by atoms with E-state index in [1.165, 1.54) is 19.3 Å². The van der Waals surface area contributed by atoms with Gasteiger partial charge in [-0.15, -0.1) is 0 Å². The molecule has 0 atom stereocenters. The smallest absolute Gasteiger partial charge is 0.518 e. The molecule has 1 N–H and O–H groups in total. The molecular formula is C8H15NU. The molecule has 10 heavy (non-hydrogen) atoms. The monoisotopic (exact) mass is 363 g/mol. The van der Waals surface area contributed by atoms with Gasteiger partial charge in [0.1, 0.15) is 0 Å². The molecule has 56 valence electrons. The zero-order valence-electron chi connectivity index (χ0n) is 6.61. The average molecular weight is 363 g/mol. The molecule has 0 radical (unpaired) electrons. The van der Waals surface area contributed by atoms with Gasteiger partial charge in [-0.3, -0.25) is 0 Å². The number of hydrogen-bond acceptors (Lipinski definition) is 1. The van der Waals surface area contributed by atoms with E-state index in [9.17, 15) is 0 Å². The number of hydrogen-bond donors (Lipinski definition) is 1. The van der Waals surface area contributed by atoms with Crippen molar-refractivity contribution >= 4 is 6.21 Å². The van der Waals surface area contributed by atoms with Gasteiger partial charge < -0.3 is 18.5 Å². The largest absolute Gasteiger partial charge is 2.00 e. The van der Waals surface area contributed by atoms with E-state index in [1.807, 2.05) is 6.92 Å². The third-order valence-electron chi connectivity index (χ3n) is 1.31. The van der Waals surface area contributed by atoms with Gasteiger partial charge in [-0.2, -0.15) is 12.3 Å². The molecule has 1 aliphatic rings. The maximum Gasteiger partial charge on any atom is 2.00 e. The molecule has 1 saturated carbocycles. The predicted molar refractivity (Wildman–Crippen MR) is 40.7 cm³/mol. The Labute approximate surface area is 87.9 Å². The minimum atomic E-state index is 0. The summed E-state index contributed by atoms with van der Waals surface area (Å²) in [6.45, 7) is 5.50. The van der Waals surface area contributed by atoms with Crippen molar-refractivity contribution < 1.29 is 31.1 Å². The SMILES string of the molecule is N=[C-]C1CCC1.[CH2-]CC.[U+2]. The van der Waals surface area contributed by atoms with Crippen molar-refractivity contribution in [2.45, 2.75) is 32.6 Å². The van der Waals surface area contributed by atoms with Gasteiger partial charge in [0, 0.05) is 0 Å². The van der Waals surface area contributed by atoms with Crippen molar-refractivity contribution in [3.8, 4) is 0 Å². The van der Waals surface area contributed by atoms with Gasteiger partial charge in [0.15, 0.2) is 0 Å². The third kappa shape index (κ3) is 6.84. The summed E-state index contributed by atoms with van der Waals surface area (Å²) in [7, 11) is 0. The van der Waals surface area contributed by atoms with E-state index in [0.29, 0.717) is 5.92 Å². The Morgan fingerprint density at radius 3 is 2.00 bits per heavy atom. The van der Waals surface area contributed by atoms with Crippen LogP contribution in [-0.4, -0.2) is 6.21 Å². The van der Waals surface area contributed by atoms with Crippen molar-refractivity contribution in [1.29, 1.82) is 5.41 Å². The molecular weight excluding hydrogens is 348 g/mol. The summed E-state index contributed by atoms with van der Waals surface area (Å²) in [5, 5.41) is 6.61. The predicted octanol–water partition coefficient (Wildman–Crippen LogP) is 2.54. The zero-order valence-corrected chi connectivity index (χ0v) is 10.8. The fraction of sp³-hybridized carbons (Fsp3) is 0.750. The maximum atomic E-state index is 6.61. The molecule has 0 amide bonds. The molecule has 1 aliphatic carbocycles. The van der Waals surface area contributed by atoms with Gasteiger partial charge in [0.2, 0.25) is 0 Å². The summed E-state index contributed by atoms with van der Waals surface area (Å²) in [6.07, 6.45) is 7.19. The van der Waals surface area contributed by atoms with Crippen LogP contribution in [0, 0.1) is 49.4 Å². The fourth-order valence-corrected chi connectivity index (χ4v) is 0.553. The summed E-state index contributed by atoms with van der Waals surface area (Å²) in [4.78, 5) is 0. The van der Waals surface area contributed by atoms with Crippen molar-refractivity contribution in [1.82, 2.24) is 0 Å². The molecule has 0 aliphatic heterocycles. The normalized spacial score (nSPS) is 15.4. The Bertz CT molecular complexity index is 69.7. The van der Waals surface area contributed by atoms with Crippen LogP contribution in [-0.2, 0) is 0 Å². The van der Waals surface area contributed by atoms with Crippen molar-refractivity contribution in [3.05, 3.63) is 6.92 Å². The topological polar surface area (TPSA) is 23.9 Å². The summed E-state index contributed by atoms with van der Waals surface area (Å²) in [6, 6.07) is 0. The molecule has 0 heterocycles. The van der Waals surface area contributed by atoms with Crippen LogP contribution in [0.4, 0.5) is 0 Å². The van der Waals surface area contributed by atoms with Gasteiger partial charge in [-0.25, -0.2) is 0 Å². The Kier molecular flexibility index (Phi) is 13.0. The second-order valence-corrected chi connectivity index (χ2v) is 2.27. The summed E-state index contributed by atoms with van der Waals surface area (Å²) in [5.74, 6) is 0.532. The van der Waals surface area contributed by atoms with Crippen LogP contribution in [0.3, 0.4) is 0 Å². The Balaban J connectivity index is 0. The van der Waals surface area contributed by atoms with Gasteiger partial charge in [-0.1, -0.05) is 26.2 Å². The van der Waals surface area contributed by atoms with E-state index in [0.717, 1.165) is 6.42 Å². The molecule has 0 bridgehead atoms. The van der Waals surface area contributed by atoms with Crippen molar-refractivity contribution in [2.24, 2.45) is 5.92 Å². The van der Waals surface area contributed by atoms with E-state index in [4.69, 9.17) is 5.41 Å². The maximum absolute atomic E-state index is 6.61. The number of rotatable bonds is 1. The van der Waals surface area contributed by atoms with Crippen LogP contribution < -0.4 is 0 Å². The molecule has 0 spiro atoms. The van der Waals surface area contributed by atoms with Crippen LogP contribution in [0.5, 0.6) is 0 Å². The Morgan fingerprint density at radius 2 is 2.00 bits per heavy atom. The Morgan fingerprint density at radius 1 is 1.60 bits per heavy atom. The van der Waals surface area contributed by atoms with Crippen LogP contribution in [0.15, 0.2) is 0 Å². The number of nitrogens with one attached hydrogen (secondary N) is 1. The Hall–Kier alpha value is 0.722. The van der Waals surface area contributed by atoms with Crippen LogP contribution in [0.1, 0.15) is 32.6 Å². The summed E-state index contributed by atoms with van der Waals surface area (Å²) in [5.41, 5.74) is 0. The van der Waals surface area contributed by atoms with Crippen LogP contribution in [0.25, 0.3) is 0 Å². The van der Waals surface area contributed by atoms with Gasteiger partial charge in [0.25, 0.3) is 0 Å². The van der Waals surface area contributed by atoms with Crippen molar-refractivity contribution in [3.63, 3.8) is 0 Å². The first kappa shape index (κ1) is 13.3. The average Bonchev–Trinajstić information content (AvgIpc) is 1.64. The molecule has 0 aromatic heterocycles. The first-order valence-electron chi connectivity index (χ1n) is 3.56. The van der Waals surface area contributed by atoms with Crippen LogP contribution in [0.2, 0.25) is 0 Å². The van der Waals surface area contributed by atoms with Crippen LogP contribution >= 0.6 is 0 Å². The van der Waals surface area contributed by atoms with Gasteiger partial charge in [0.05, 0.1) is 0 Å². The molecule has 2 heteroatoms. The van der Waals surface area contributed by atoms with E-state index >= 15 is 0 Å². The molecule has 0 aromatic rings. The summed E-state index contributed by atoms with van der Waals surface area (Å²) < 4.78 is 0. The van der Waals surface area contributed by atoms with Gasteiger partial charge in [-0.05, 0) is 0 Å². The molecule has 0 saturated heterocycles. The minimum absolute atomic E-state index is 0.